The topological polar surface area (TPSA) is 75.7 Å². The molecule has 1 heterocycles. The number of piperazine rings is 1. The minimum Gasteiger partial charge on any atom is -0.444 e. The molecule has 0 saturated carbocycles. The highest BCUT2D eigenvalue weighted by molar-refractivity contribution is 7.88. The summed E-state index contributed by atoms with van der Waals surface area (Å²) in [7, 11) is -3.35. The Morgan fingerprint density at radius 1 is 1.41 bits per heavy atom. The van der Waals surface area contributed by atoms with Gasteiger partial charge in [-0.05, 0) is 20.8 Å². The molecule has 0 amide bonds. The molecule has 1 atom stereocenters. The normalized spacial score (nSPS) is 23.4. The number of carbonyl (C=O) groups is 1. The van der Waals surface area contributed by atoms with Gasteiger partial charge >= 0.3 is 5.97 Å². The van der Waals surface area contributed by atoms with E-state index in [0.29, 0.717) is 19.6 Å². The Balaban J connectivity index is 2.77. The van der Waals surface area contributed by atoms with Gasteiger partial charge in [0.15, 0.2) is 6.23 Å². The molecule has 1 rings (SSSR count). The average Bonchev–Trinajstić information content (AvgIpc) is 2.15. The summed E-state index contributed by atoms with van der Waals surface area (Å²) in [5.41, 5.74) is -0.638. The van der Waals surface area contributed by atoms with Gasteiger partial charge in [-0.25, -0.2) is 8.42 Å². The number of ether oxygens (including phenoxy) is 1. The van der Waals surface area contributed by atoms with Crippen LogP contribution in [0.5, 0.6) is 0 Å². The first-order valence-electron chi connectivity index (χ1n) is 5.51. The quantitative estimate of drug-likeness (QED) is 0.697. The smallest absolute Gasteiger partial charge is 0.312 e. The maximum absolute atomic E-state index is 11.7. The molecule has 7 heteroatoms. The van der Waals surface area contributed by atoms with Crippen LogP contribution in [0.4, 0.5) is 0 Å². The first-order chi connectivity index (χ1) is 7.62. The van der Waals surface area contributed by atoms with Crippen LogP contribution in [0.15, 0.2) is 0 Å². The van der Waals surface area contributed by atoms with Gasteiger partial charge in [0.2, 0.25) is 10.0 Å². The van der Waals surface area contributed by atoms with Crippen molar-refractivity contribution in [1.29, 1.82) is 0 Å². The largest absolute Gasteiger partial charge is 0.444 e. The number of nitrogens with zero attached hydrogens (tertiary/aromatic N) is 1. The van der Waals surface area contributed by atoms with Crippen LogP contribution in [0, 0.1) is 5.41 Å². The molecular formula is C10H20N2O4S. The van der Waals surface area contributed by atoms with E-state index >= 15 is 0 Å². The molecule has 0 aromatic rings. The molecule has 1 aliphatic heterocycles. The maximum Gasteiger partial charge on any atom is 0.312 e. The molecule has 1 N–H and O–H groups in total. The molecule has 0 radical (unpaired) electrons. The highest BCUT2D eigenvalue weighted by Crippen LogP contribution is 2.19. The number of hydrogen-bond acceptors (Lipinski definition) is 5. The van der Waals surface area contributed by atoms with E-state index in [2.05, 4.69) is 5.32 Å². The van der Waals surface area contributed by atoms with Crippen molar-refractivity contribution in [3.05, 3.63) is 0 Å². The summed E-state index contributed by atoms with van der Waals surface area (Å²) in [6.45, 7) is 6.41. The summed E-state index contributed by atoms with van der Waals surface area (Å²) in [5.74, 6) is -0.403. The third-order valence-electron chi connectivity index (χ3n) is 2.43. The minimum atomic E-state index is -3.35. The van der Waals surface area contributed by atoms with Crippen molar-refractivity contribution in [1.82, 2.24) is 9.62 Å². The Morgan fingerprint density at radius 2 is 2.00 bits per heavy atom. The molecule has 1 unspecified atom stereocenters. The number of hydrogen-bond donors (Lipinski definition) is 1. The summed E-state index contributed by atoms with van der Waals surface area (Å²) in [6, 6.07) is 0. The van der Waals surface area contributed by atoms with Gasteiger partial charge in [0.25, 0.3) is 0 Å². The Hall–Kier alpha value is -0.660. The predicted molar refractivity (Wildman–Crippen MR) is 63.8 cm³/mol. The van der Waals surface area contributed by atoms with Gasteiger partial charge in [0.1, 0.15) is 0 Å². The highest BCUT2D eigenvalue weighted by atomic mass is 32.2. The first kappa shape index (κ1) is 14.4. The van der Waals surface area contributed by atoms with Crippen LogP contribution in [0.1, 0.15) is 20.8 Å². The number of sulfonamides is 1. The summed E-state index contributed by atoms with van der Waals surface area (Å²) in [6.07, 6.45) is 0.376. The molecule has 1 aliphatic rings. The third-order valence-corrected chi connectivity index (χ3v) is 3.70. The lowest BCUT2D eigenvalue weighted by molar-refractivity contribution is -0.165. The molecule has 17 heavy (non-hydrogen) atoms. The summed E-state index contributed by atoms with van der Waals surface area (Å²) < 4.78 is 29.5. The van der Waals surface area contributed by atoms with Crippen molar-refractivity contribution in [3.8, 4) is 0 Å². The molecule has 6 nitrogen and oxygen atoms in total. The van der Waals surface area contributed by atoms with Crippen LogP contribution in [-0.2, 0) is 19.6 Å². The average molecular weight is 264 g/mol. The summed E-state index contributed by atoms with van der Waals surface area (Å²) in [4.78, 5) is 11.7. The fourth-order valence-electron chi connectivity index (χ4n) is 1.44. The zero-order valence-electron chi connectivity index (χ0n) is 10.7. The van der Waals surface area contributed by atoms with Crippen LogP contribution >= 0.6 is 0 Å². The van der Waals surface area contributed by atoms with Gasteiger partial charge in [0, 0.05) is 19.6 Å². The van der Waals surface area contributed by atoms with Crippen molar-refractivity contribution >= 4 is 16.0 Å². The van der Waals surface area contributed by atoms with Gasteiger partial charge < -0.3 is 10.1 Å². The monoisotopic (exact) mass is 264 g/mol. The second-order valence-electron chi connectivity index (χ2n) is 5.19. The van der Waals surface area contributed by atoms with Crippen molar-refractivity contribution in [2.24, 2.45) is 5.41 Å². The molecule has 0 spiro atoms. The molecule has 1 saturated heterocycles. The van der Waals surface area contributed by atoms with E-state index in [1.165, 1.54) is 4.31 Å². The predicted octanol–water partition coefficient (Wildman–Crippen LogP) is -0.233. The SMILES string of the molecule is CC(C)(C)C(=O)OC1CNCCN1S(C)(=O)=O. The van der Waals surface area contributed by atoms with Crippen LogP contribution in [0.25, 0.3) is 0 Å². The van der Waals surface area contributed by atoms with Gasteiger partial charge in [0.05, 0.1) is 11.7 Å². The van der Waals surface area contributed by atoms with Crippen LogP contribution < -0.4 is 5.32 Å². The van der Waals surface area contributed by atoms with Crippen LogP contribution in [0.3, 0.4) is 0 Å². The van der Waals surface area contributed by atoms with E-state index in [1.807, 2.05) is 0 Å². The fourth-order valence-corrected chi connectivity index (χ4v) is 2.41. The van der Waals surface area contributed by atoms with Crippen molar-refractivity contribution in [2.75, 3.05) is 25.9 Å². The number of carbonyl (C=O) groups excluding carboxylic acids is 1. The van der Waals surface area contributed by atoms with E-state index in [1.54, 1.807) is 20.8 Å². The van der Waals surface area contributed by atoms with Crippen molar-refractivity contribution in [3.63, 3.8) is 0 Å². The van der Waals surface area contributed by atoms with Gasteiger partial charge in [-0.1, -0.05) is 0 Å². The first-order valence-corrected chi connectivity index (χ1v) is 7.36. The molecule has 100 valence electrons. The molecule has 1 fully saturated rings. The van der Waals surface area contributed by atoms with Crippen molar-refractivity contribution in [2.45, 2.75) is 27.0 Å². The lowest BCUT2D eigenvalue weighted by atomic mass is 9.97. The lowest BCUT2D eigenvalue weighted by Crippen LogP contribution is -2.55. The zero-order valence-corrected chi connectivity index (χ0v) is 11.5. The number of nitrogens with one attached hydrogen (secondary N) is 1. The van der Waals surface area contributed by atoms with Crippen LogP contribution in [0.2, 0.25) is 0 Å². The number of esters is 1. The van der Waals surface area contributed by atoms with Crippen molar-refractivity contribution < 1.29 is 17.9 Å². The van der Waals surface area contributed by atoms with E-state index in [4.69, 9.17) is 4.74 Å². The van der Waals surface area contributed by atoms with E-state index in [-0.39, 0.29) is 0 Å². The Bertz CT molecular complexity index is 386. The second-order valence-corrected chi connectivity index (χ2v) is 7.12. The maximum atomic E-state index is 11.7. The van der Waals surface area contributed by atoms with Gasteiger partial charge in [-0.15, -0.1) is 0 Å². The number of rotatable bonds is 2. The second kappa shape index (κ2) is 4.91. The summed E-state index contributed by atoms with van der Waals surface area (Å²) >= 11 is 0. The standard InChI is InChI=1S/C10H20N2O4S/c1-10(2,3)9(13)16-8-7-11-5-6-12(8)17(4,14)15/h8,11H,5-7H2,1-4H3. The Labute approximate surface area is 102 Å². The fraction of sp³-hybridized carbons (Fsp3) is 0.900. The minimum absolute atomic E-state index is 0.320. The molecule has 0 bridgehead atoms. The Kier molecular flexibility index (Phi) is 4.16. The van der Waals surface area contributed by atoms with E-state index < -0.39 is 27.6 Å². The molecule has 0 aliphatic carbocycles. The van der Waals surface area contributed by atoms with E-state index in [9.17, 15) is 13.2 Å². The lowest BCUT2D eigenvalue weighted by Gasteiger charge is -2.34. The van der Waals surface area contributed by atoms with Crippen LogP contribution in [-0.4, -0.2) is 50.8 Å². The van der Waals surface area contributed by atoms with E-state index in [0.717, 1.165) is 6.26 Å². The highest BCUT2D eigenvalue weighted by Gasteiger charge is 2.34. The third kappa shape index (κ3) is 3.93. The van der Waals surface area contributed by atoms with Gasteiger partial charge in [-0.3, -0.25) is 4.79 Å². The summed E-state index contributed by atoms with van der Waals surface area (Å²) in [5, 5.41) is 3.01. The Morgan fingerprint density at radius 3 is 2.47 bits per heavy atom. The zero-order chi connectivity index (χ0) is 13.3. The van der Waals surface area contributed by atoms with Gasteiger partial charge in [-0.2, -0.15) is 4.31 Å². The molecule has 0 aromatic carbocycles. The molecular weight excluding hydrogens is 244 g/mol. The molecule has 0 aromatic heterocycles.